The minimum Gasteiger partial charge on any atom is -0.490 e. The average Bonchev–Trinajstić information content (AvgIpc) is 2.50. The van der Waals surface area contributed by atoms with Crippen LogP contribution in [0.1, 0.15) is 25.8 Å². The molecule has 21 heavy (non-hydrogen) atoms. The molecule has 0 saturated heterocycles. The number of benzene rings is 1. The zero-order valence-electron chi connectivity index (χ0n) is 12.7. The van der Waals surface area contributed by atoms with Crippen LogP contribution in [0.3, 0.4) is 0 Å². The summed E-state index contributed by atoms with van der Waals surface area (Å²) in [6, 6.07) is 7.57. The molecular formula is C16H21N3O2. The highest BCUT2D eigenvalue weighted by atomic mass is 16.5. The summed E-state index contributed by atoms with van der Waals surface area (Å²) in [5, 5.41) is 3.27. The van der Waals surface area contributed by atoms with Gasteiger partial charge in [-0.1, -0.05) is 19.1 Å². The van der Waals surface area contributed by atoms with Gasteiger partial charge in [0.15, 0.2) is 11.5 Å². The SMILES string of the molecule is CCCNc1ncnc(Oc2ccccc2OCC)c1C. The first-order chi connectivity index (χ1) is 10.3. The van der Waals surface area contributed by atoms with Crippen molar-refractivity contribution in [2.75, 3.05) is 18.5 Å². The van der Waals surface area contributed by atoms with Crippen LogP contribution >= 0.6 is 0 Å². The van der Waals surface area contributed by atoms with Gasteiger partial charge in [-0.05, 0) is 32.4 Å². The van der Waals surface area contributed by atoms with Crippen LogP contribution in [0.25, 0.3) is 0 Å². The Kier molecular flexibility index (Phi) is 5.37. The van der Waals surface area contributed by atoms with E-state index in [-0.39, 0.29) is 0 Å². The second-order valence-electron chi connectivity index (χ2n) is 4.56. The zero-order valence-corrected chi connectivity index (χ0v) is 12.7. The summed E-state index contributed by atoms with van der Waals surface area (Å²) in [6.45, 7) is 7.45. The van der Waals surface area contributed by atoms with Gasteiger partial charge in [-0.15, -0.1) is 0 Å². The van der Waals surface area contributed by atoms with Crippen LogP contribution < -0.4 is 14.8 Å². The molecule has 2 aromatic rings. The first-order valence-corrected chi connectivity index (χ1v) is 7.21. The normalized spacial score (nSPS) is 10.2. The number of anilines is 1. The number of hydrogen-bond donors (Lipinski definition) is 1. The van der Waals surface area contributed by atoms with Crippen molar-refractivity contribution in [3.05, 3.63) is 36.2 Å². The average molecular weight is 287 g/mol. The Hall–Kier alpha value is -2.30. The van der Waals surface area contributed by atoms with Gasteiger partial charge in [0, 0.05) is 6.54 Å². The number of para-hydroxylation sites is 2. The Bertz CT molecular complexity index is 587. The Morgan fingerprint density at radius 1 is 1.10 bits per heavy atom. The fourth-order valence-corrected chi connectivity index (χ4v) is 1.87. The molecule has 5 heteroatoms. The van der Waals surface area contributed by atoms with Crippen molar-refractivity contribution in [2.24, 2.45) is 0 Å². The number of nitrogens with zero attached hydrogens (tertiary/aromatic N) is 2. The lowest BCUT2D eigenvalue weighted by Crippen LogP contribution is -2.05. The molecule has 1 aromatic heterocycles. The first-order valence-electron chi connectivity index (χ1n) is 7.21. The molecule has 2 rings (SSSR count). The van der Waals surface area contributed by atoms with Crippen molar-refractivity contribution in [1.29, 1.82) is 0 Å². The molecule has 0 atom stereocenters. The smallest absolute Gasteiger partial charge is 0.227 e. The lowest BCUT2D eigenvalue weighted by Gasteiger charge is -2.13. The number of ether oxygens (including phenoxy) is 2. The summed E-state index contributed by atoms with van der Waals surface area (Å²) in [6.07, 6.45) is 2.54. The maximum absolute atomic E-state index is 5.90. The van der Waals surface area contributed by atoms with E-state index in [0.717, 1.165) is 24.3 Å². The quantitative estimate of drug-likeness (QED) is 0.839. The second kappa shape index (κ2) is 7.47. The van der Waals surface area contributed by atoms with Crippen LogP contribution in [-0.2, 0) is 0 Å². The van der Waals surface area contributed by atoms with Gasteiger partial charge in [0.25, 0.3) is 0 Å². The Morgan fingerprint density at radius 2 is 1.86 bits per heavy atom. The topological polar surface area (TPSA) is 56.3 Å². The predicted molar refractivity (Wildman–Crippen MR) is 83.2 cm³/mol. The minimum absolute atomic E-state index is 0.538. The monoisotopic (exact) mass is 287 g/mol. The van der Waals surface area contributed by atoms with Gasteiger partial charge in [-0.3, -0.25) is 0 Å². The molecule has 112 valence electrons. The van der Waals surface area contributed by atoms with E-state index in [9.17, 15) is 0 Å². The molecule has 0 aliphatic rings. The summed E-state index contributed by atoms with van der Waals surface area (Å²) in [7, 11) is 0. The summed E-state index contributed by atoms with van der Waals surface area (Å²) < 4.78 is 11.5. The van der Waals surface area contributed by atoms with Crippen molar-refractivity contribution >= 4 is 5.82 Å². The van der Waals surface area contributed by atoms with E-state index in [2.05, 4.69) is 22.2 Å². The van der Waals surface area contributed by atoms with Crippen molar-refractivity contribution < 1.29 is 9.47 Å². The molecule has 1 heterocycles. The van der Waals surface area contributed by atoms with E-state index in [1.807, 2.05) is 38.1 Å². The van der Waals surface area contributed by atoms with Gasteiger partial charge in [-0.2, -0.15) is 0 Å². The largest absolute Gasteiger partial charge is 0.490 e. The predicted octanol–water partition coefficient (Wildman–Crippen LogP) is 3.80. The molecule has 0 bridgehead atoms. The molecular weight excluding hydrogens is 266 g/mol. The highest BCUT2D eigenvalue weighted by Gasteiger charge is 2.11. The lowest BCUT2D eigenvalue weighted by molar-refractivity contribution is 0.319. The number of nitrogens with one attached hydrogen (secondary N) is 1. The van der Waals surface area contributed by atoms with Crippen molar-refractivity contribution in [2.45, 2.75) is 27.2 Å². The lowest BCUT2D eigenvalue weighted by atomic mass is 10.3. The molecule has 0 unspecified atom stereocenters. The third-order valence-electron chi connectivity index (χ3n) is 2.94. The van der Waals surface area contributed by atoms with Crippen molar-refractivity contribution in [3.63, 3.8) is 0 Å². The van der Waals surface area contributed by atoms with E-state index in [4.69, 9.17) is 9.47 Å². The van der Waals surface area contributed by atoms with E-state index in [1.54, 1.807) is 0 Å². The highest BCUT2D eigenvalue weighted by molar-refractivity contribution is 5.50. The molecule has 1 N–H and O–H groups in total. The van der Waals surface area contributed by atoms with Gasteiger partial charge in [0.1, 0.15) is 12.1 Å². The van der Waals surface area contributed by atoms with E-state index < -0.39 is 0 Å². The molecule has 0 radical (unpaired) electrons. The van der Waals surface area contributed by atoms with Gasteiger partial charge in [0.2, 0.25) is 5.88 Å². The van der Waals surface area contributed by atoms with Crippen LogP contribution in [-0.4, -0.2) is 23.1 Å². The van der Waals surface area contributed by atoms with Gasteiger partial charge in [0.05, 0.1) is 12.2 Å². The van der Waals surface area contributed by atoms with Crippen molar-refractivity contribution in [1.82, 2.24) is 9.97 Å². The van der Waals surface area contributed by atoms with Gasteiger partial charge in [-0.25, -0.2) is 9.97 Å². The maximum Gasteiger partial charge on any atom is 0.227 e. The highest BCUT2D eigenvalue weighted by Crippen LogP contribution is 2.32. The fraction of sp³-hybridized carbons (Fsp3) is 0.375. The van der Waals surface area contributed by atoms with Crippen LogP contribution in [0.5, 0.6) is 17.4 Å². The number of aromatic nitrogens is 2. The van der Waals surface area contributed by atoms with Crippen LogP contribution in [0.4, 0.5) is 5.82 Å². The fourth-order valence-electron chi connectivity index (χ4n) is 1.87. The molecule has 1 aromatic carbocycles. The third-order valence-corrected chi connectivity index (χ3v) is 2.94. The van der Waals surface area contributed by atoms with Crippen LogP contribution in [0.2, 0.25) is 0 Å². The summed E-state index contributed by atoms with van der Waals surface area (Å²) in [5.41, 5.74) is 0.886. The molecule has 0 aliphatic carbocycles. The minimum atomic E-state index is 0.538. The standard InChI is InChI=1S/C16H21N3O2/c1-4-10-17-15-12(3)16(19-11-18-15)21-14-9-7-6-8-13(14)20-5-2/h6-9,11H,4-5,10H2,1-3H3,(H,17,18,19). The molecule has 0 amide bonds. The Morgan fingerprint density at radius 3 is 2.57 bits per heavy atom. The summed E-state index contributed by atoms with van der Waals surface area (Å²) in [4.78, 5) is 8.46. The Labute approximate surface area is 125 Å². The second-order valence-corrected chi connectivity index (χ2v) is 4.56. The first kappa shape index (κ1) is 15.1. The van der Waals surface area contributed by atoms with Crippen molar-refractivity contribution in [3.8, 4) is 17.4 Å². The maximum atomic E-state index is 5.90. The van der Waals surface area contributed by atoms with Gasteiger partial charge >= 0.3 is 0 Å². The van der Waals surface area contributed by atoms with Gasteiger partial charge < -0.3 is 14.8 Å². The Balaban J connectivity index is 2.23. The molecule has 0 saturated carbocycles. The van der Waals surface area contributed by atoms with Crippen LogP contribution in [0, 0.1) is 6.92 Å². The van der Waals surface area contributed by atoms with Crippen LogP contribution in [0.15, 0.2) is 30.6 Å². The third kappa shape index (κ3) is 3.84. The molecule has 5 nitrogen and oxygen atoms in total. The van der Waals surface area contributed by atoms with E-state index in [1.165, 1.54) is 6.33 Å². The molecule has 0 spiro atoms. The molecule has 0 aliphatic heterocycles. The van der Waals surface area contributed by atoms with E-state index in [0.29, 0.717) is 24.0 Å². The summed E-state index contributed by atoms with van der Waals surface area (Å²) in [5.74, 6) is 2.70. The molecule has 0 fully saturated rings. The number of hydrogen-bond acceptors (Lipinski definition) is 5. The zero-order chi connectivity index (χ0) is 15.1. The summed E-state index contributed by atoms with van der Waals surface area (Å²) >= 11 is 0. The number of rotatable bonds is 7. The van der Waals surface area contributed by atoms with E-state index >= 15 is 0 Å².